The molecule has 8 heteroatoms. The van der Waals surface area contributed by atoms with Crippen molar-refractivity contribution in [3.05, 3.63) is 59.8 Å². The lowest BCUT2D eigenvalue weighted by atomic mass is 10.0. The quantitative estimate of drug-likeness (QED) is 0.680. The molecule has 2 rings (SSSR count). The molecule has 2 aromatic rings. The van der Waals surface area contributed by atoms with Crippen LogP contribution >= 0.6 is 0 Å². The monoisotopic (exact) mass is 313 g/mol. The van der Waals surface area contributed by atoms with E-state index in [9.17, 15) is 17.6 Å². The van der Waals surface area contributed by atoms with Crippen molar-refractivity contribution < 1.29 is 22.3 Å². The Morgan fingerprint density at radius 3 is 2.64 bits per heavy atom. The predicted molar refractivity (Wildman–Crippen MR) is 71.2 cm³/mol. The number of hydrogen-bond donors (Lipinski definition) is 1. The van der Waals surface area contributed by atoms with Crippen molar-refractivity contribution in [2.75, 3.05) is 5.73 Å². The molecule has 4 nitrogen and oxygen atoms in total. The zero-order valence-electron chi connectivity index (χ0n) is 11.2. The molecule has 1 aromatic heterocycles. The number of alkyl halides is 2. The summed E-state index contributed by atoms with van der Waals surface area (Å²) in [5.41, 5.74) is 4.68. The van der Waals surface area contributed by atoms with Crippen molar-refractivity contribution in [2.24, 2.45) is 0 Å². The fourth-order valence-electron chi connectivity index (χ4n) is 1.61. The van der Waals surface area contributed by atoms with Crippen LogP contribution in [0.15, 0.2) is 37.1 Å². The van der Waals surface area contributed by atoms with Gasteiger partial charge in [-0.15, -0.1) is 0 Å². The number of anilines is 1. The normalized spacial score (nSPS) is 11.3. The van der Waals surface area contributed by atoms with Crippen LogP contribution in [0.4, 0.5) is 23.4 Å². The number of nitrogen functional groups attached to an aromatic ring is 1. The minimum atomic E-state index is -3.50. The van der Waals surface area contributed by atoms with Crippen LogP contribution in [0.5, 0.6) is 6.01 Å². The lowest BCUT2D eigenvalue weighted by Gasteiger charge is -2.14. The van der Waals surface area contributed by atoms with E-state index in [4.69, 9.17) is 10.5 Å². The maximum Gasteiger partial charge on any atom is 0.318 e. The summed E-state index contributed by atoms with van der Waals surface area (Å²) < 4.78 is 58.5. The van der Waals surface area contributed by atoms with E-state index in [0.29, 0.717) is 6.08 Å². The maximum absolute atomic E-state index is 13.5. The van der Waals surface area contributed by atoms with Crippen molar-refractivity contribution in [1.29, 1.82) is 0 Å². The highest BCUT2D eigenvalue weighted by Gasteiger charge is 2.30. The van der Waals surface area contributed by atoms with E-state index in [1.54, 1.807) is 0 Å². The maximum atomic E-state index is 13.5. The second-order valence-corrected chi connectivity index (χ2v) is 4.32. The lowest BCUT2D eigenvalue weighted by molar-refractivity contribution is 0.0483. The van der Waals surface area contributed by atoms with Gasteiger partial charge in [0.05, 0.1) is 11.8 Å². The molecular formula is C14H11F4N3O. The standard InChI is InChI=1S/C14H11F4N3O/c1-2-14(17,18)9-5-8(3-4-10(9)15)7-22-13-20-6-11(16)12(19)21-13/h2-6H,1,7H2,(H2,19,20,21). The smallest absolute Gasteiger partial charge is 0.318 e. The van der Waals surface area contributed by atoms with Crippen molar-refractivity contribution >= 4 is 5.82 Å². The van der Waals surface area contributed by atoms with E-state index in [-0.39, 0.29) is 18.2 Å². The average Bonchev–Trinajstić information content (AvgIpc) is 2.49. The van der Waals surface area contributed by atoms with E-state index < -0.39 is 28.9 Å². The van der Waals surface area contributed by atoms with Crippen molar-refractivity contribution in [2.45, 2.75) is 12.5 Å². The molecule has 0 saturated heterocycles. The molecule has 2 N–H and O–H groups in total. The topological polar surface area (TPSA) is 61.0 Å². The molecule has 0 aliphatic carbocycles. The van der Waals surface area contributed by atoms with Gasteiger partial charge in [-0.05, 0) is 23.8 Å². The molecule has 1 aromatic carbocycles. The van der Waals surface area contributed by atoms with Gasteiger partial charge in [-0.3, -0.25) is 0 Å². The summed E-state index contributed by atoms with van der Waals surface area (Å²) in [6.45, 7) is 2.76. The Balaban J connectivity index is 2.18. The Morgan fingerprint density at radius 1 is 1.27 bits per heavy atom. The first-order valence-corrected chi connectivity index (χ1v) is 6.04. The summed E-state index contributed by atoms with van der Waals surface area (Å²) in [4.78, 5) is 7.06. The third-order valence-corrected chi connectivity index (χ3v) is 2.76. The number of ether oxygens (including phenoxy) is 1. The summed E-state index contributed by atoms with van der Waals surface area (Å²) in [6, 6.07) is 2.89. The van der Waals surface area contributed by atoms with Gasteiger partial charge in [0.25, 0.3) is 5.92 Å². The van der Waals surface area contributed by atoms with Gasteiger partial charge in [0.2, 0.25) is 0 Å². The van der Waals surface area contributed by atoms with E-state index in [0.717, 1.165) is 18.3 Å². The summed E-state index contributed by atoms with van der Waals surface area (Å²) in [6.07, 6.45) is 1.17. The van der Waals surface area contributed by atoms with Crippen molar-refractivity contribution in [1.82, 2.24) is 9.97 Å². The van der Waals surface area contributed by atoms with Crippen LogP contribution in [0.2, 0.25) is 0 Å². The highest BCUT2D eigenvalue weighted by Crippen LogP contribution is 2.31. The Labute approximate surface area is 123 Å². The molecule has 0 radical (unpaired) electrons. The van der Waals surface area contributed by atoms with Gasteiger partial charge in [-0.25, -0.2) is 13.8 Å². The van der Waals surface area contributed by atoms with Gasteiger partial charge >= 0.3 is 6.01 Å². The first-order chi connectivity index (χ1) is 10.3. The third kappa shape index (κ3) is 3.33. The molecule has 0 unspecified atom stereocenters. The molecule has 0 spiro atoms. The van der Waals surface area contributed by atoms with Crippen LogP contribution in [-0.2, 0) is 12.5 Å². The number of nitrogens with zero attached hydrogens (tertiary/aromatic N) is 2. The van der Waals surface area contributed by atoms with Crippen LogP contribution in [0.25, 0.3) is 0 Å². The third-order valence-electron chi connectivity index (χ3n) is 2.76. The number of allylic oxidation sites excluding steroid dienone is 1. The van der Waals surface area contributed by atoms with Gasteiger partial charge in [0.15, 0.2) is 11.6 Å². The van der Waals surface area contributed by atoms with Gasteiger partial charge in [-0.1, -0.05) is 12.6 Å². The molecule has 0 aliphatic rings. The molecule has 0 saturated carbocycles. The number of nitrogens with two attached hydrogens (primary N) is 1. The van der Waals surface area contributed by atoms with E-state index >= 15 is 0 Å². The minimum absolute atomic E-state index is 0.217. The van der Waals surface area contributed by atoms with Crippen LogP contribution in [0.1, 0.15) is 11.1 Å². The fourth-order valence-corrected chi connectivity index (χ4v) is 1.61. The first kappa shape index (κ1) is 15.7. The van der Waals surface area contributed by atoms with Gasteiger partial charge in [0.1, 0.15) is 12.4 Å². The van der Waals surface area contributed by atoms with E-state index in [1.807, 2.05) is 0 Å². The number of rotatable bonds is 5. The predicted octanol–water partition coefficient (Wildman–Crippen LogP) is 3.19. The molecule has 0 amide bonds. The number of benzene rings is 1. The van der Waals surface area contributed by atoms with Crippen LogP contribution in [-0.4, -0.2) is 9.97 Å². The molecule has 116 valence electrons. The molecular weight excluding hydrogens is 302 g/mol. The second kappa shape index (κ2) is 6.00. The van der Waals surface area contributed by atoms with Crippen LogP contribution in [0, 0.1) is 11.6 Å². The minimum Gasteiger partial charge on any atom is -0.459 e. The zero-order valence-corrected chi connectivity index (χ0v) is 11.2. The number of halogens is 4. The molecule has 0 aliphatic heterocycles. The van der Waals surface area contributed by atoms with Gasteiger partial charge in [-0.2, -0.15) is 13.8 Å². The average molecular weight is 313 g/mol. The lowest BCUT2D eigenvalue weighted by Crippen LogP contribution is -2.12. The number of hydrogen-bond acceptors (Lipinski definition) is 4. The molecule has 0 fully saturated rings. The molecule has 1 heterocycles. The van der Waals surface area contributed by atoms with Crippen molar-refractivity contribution in [3.8, 4) is 6.01 Å². The van der Waals surface area contributed by atoms with E-state index in [2.05, 4.69) is 16.5 Å². The van der Waals surface area contributed by atoms with Gasteiger partial charge in [0, 0.05) is 0 Å². The highest BCUT2D eigenvalue weighted by atomic mass is 19.3. The van der Waals surface area contributed by atoms with Crippen molar-refractivity contribution in [3.63, 3.8) is 0 Å². The zero-order chi connectivity index (χ0) is 16.3. The second-order valence-electron chi connectivity index (χ2n) is 4.32. The first-order valence-electron chi connectivity index (χ1n) is 6.04. The van der Waals surface area contributed by atoms with Crippen LogP contribution in [0.3, 0.4) is 0 Å². The van der Waals surface area contributed by atoms with E-state index in [1.165, 1.54) is 6.07 Å². The van der Waals surface area contributed by atoms with Crippen LogP contribution < -0.4 is 10.5 Å². The fraction of sp³-hybridized carbons (Fsp3) is 0.143. The molecule has 0 atom stereocenters. The summed E-state index contributed by atoms with van der Waals surface area (Å²) in [5.74, 6) is -5.77. The largest absolute Gasteiger partial charge is 0.459 e. The summed E-state index contributed by atoms with van der Waals surface area (Å²) in [7, 11) is 0. The Kier molecular flexibility index (Phi) is 4.30. The summed E-state index contributed by atoms with van der Waals surface area (Å²) in [5, 5.41) is 0. The molecule has 0 bridgehead atoms. The summed E-state index contributed by atoms with van der Waals surface area (Å²) >= 11 is 0. The number of aromatic nitrogens is 2. The molecule has 22 heavy (non-hydrogen) atoms. The Morgan fingerprint density at radius 2 is 2.00 bits per heavy atom. The Hall–Kier alpha value is -2.64. The SMILES string of the molecule is C=CC(F)(F)c1cc(COc2ncc(F)c(N)n2)ccc1F. The van der Waals surface area contributed by atoms with Gasteiger partial charge < -0.3 is 10.5 Å². The Bertz CT molecular complexity index is 706. The highest BCUT2D eigenvalue weighted by molar-refractivity contribution is 5.31.